The van der Waals surface area contributed by atoms with Crippen molar-refractivity contribution in [2.45, 2.75) is 33.8 Å². The van der Waals surface area contributed by atoms with Crippen LogP contribution < -0.4 is 15.0 Å². The Morgan fingerprint density at radius 3 is 2.18 bits per heavy atom. The van der Waals surface area contributed by atoms with E-state index >= 15 is 0 Å². The standard InChI is InChI=1S/C27H25FN2O3/c1-16(2)33-22-13-11-21(12-14-22)29-25-24(19-7-9-20(28)10-8-19)26(31)30(27(25)32)23-15-17(3)5-6-18(23)4/h5-16,29H,1-4H3. The first-order chi connectivity index (χ1) is 15.7. The summed E-state index contributed by atoms with van der Waals surface area (Å²) < 4.78 is 19.2. The molecular weight excluding hydrogens is 419 g/mol. The van der Waals surface area contributed by atoms with Crippen LogP contribution in [0.1, 0.15) is 30.5 Å². The van der Waals surface area contributed by atoms with E-state index in [1.807, 2.05) is 45.9 Å². The number of ether oxygens (including phenoxy) is 1. The van der Waals surface area contributed by atoms with Gasteiger partial charge in [0.25, 0.3) is 11.8 Å². The van der Waals surface area contributed by atoms with Crippen molar-refractivity contribution in [3.05, 3.63) is 94.9 Å². The number of amides is 2. The fourth-order valence-electron chi connectivity index (χ4n) is 3.74. The number of imide groups is 1. The van der Waals surface area contributed by atoms with Crippen LogP contribution in [0.25, 0.3) is 5.57 Å². The topological polar surface area (TPSA) is 58.6 Å². The monoisotopic (exact) mass is 444 g/mol. The van der Waals surface area contributed by atoms with Crippen LogP contribution in [0.3, 0.4) is 0 Å². The lowest BCUT2D eigenvalue weighted by atomic mass is 10.0. The van der Waals surface area contributed by atoms with Gasteiger partial charge in [0.05, 0.1) is 17.4 Å². The normalized spacial score (nSPS) is 13.8. The molecular formula is C27H25FN2O3. The lowest BCUT2D eigenvalue weighted by Gasteiger charge is -2.18. The lowest BCUT2D eigenvalue weighted by molar-refractivity contribution is -0.120. The largest absolute Gasteiger partial charge is 0.491 e. The lowest BCUT2D eigenvalue weighted by Crippen LogP contribution is -2.33. The third kappa shape index (κ3) is 4.51. The zero-order chi connectivity index (χ0) is 23.7. The molecule has 5 nitrogen and oxygen atoms in total. The van der Waals surface area contributed by atoms with E-state index in [1.54, 1.807) is 24.3 Å². The van der Waals surface area contributed by atoms with Crippen LogP contribution in [0.5, 0.6) is 5.75 Å². The summed E-state index contributed by atoms with van der Waals surface area (Å²) in [5, 5.41) is 3.12. The average molecular weight is 445 g/mol. The van der Waals surface area contributed by atoms with Gasteiger partial charge in [-0.05, 0) is 86.8 Å². The van der Waals surface area contributed by atoms with Gasteiger partial charge in [0.15, 0.2) is 0 Å². The molecule has 0 atom stereocenters. The average Bonchev–Trinajstić information content (AvgIpc) is 3.01. The Kier molecular flexibility index (Phi) is 6.01. The van der Waals surface area contributed by atoms with Gasteiger partial charge in [0, 0.05) is 5.69 Å². The van der Waals surface area contributed by atoms with Crippen molar-refractivity contribution in [3.8, 4) is 5.75 Å². The maximum atomic E-state index is 13.6. The number of hydrogen-bond acceptors (Lipinski definition) is 4. The molecule has 6 heteroatoms. The number of carbonyl (C=O) groups is 2. The van der Waals surface area contributed by atoms with Gasteiger partial charge >= 0.3 is 0 Å². The maximum absolute atomic E-state index is 13.6. The highest BCUT2D eigenvalue weighted by Gasteiger charge is 2.40. The zero-order valence-electron chi connectivity index (χ0n) is 19.0. The predicted octanol–water partition coefficient (Wildman–Crippen LogP) is 5.63. The third-order valence-electron chi connectivity index (χ3n) is 5.32. The van der Waals surface area contributed by atoms with Crippen molar-refractivity contribution in [1.82, 2.24) is 0 Å². The van der Waals surface area contributed by atoms with Gasteiger partial charge in [-0.1, -0.05) is 24.3 Å². The van der Waals surface area contributed by atoms with E-state index in [9.17, 15) is 14.0 Å². The van der Waals surface area contributed by atoms with Gasteiger partial charge < -0.3 is 10.1 Å². The molecule has 0 saturated carbocycles. The van der Waals surface area contributed by atoms with Crippen molar-refractivity contribution in [1.29, 1.82) is 0 Å². The molecule has 0 aromatic heterocycles. The SMILES string of the molecule is Cc1ccc(C)c(N2C(=O)C(Nc3ccc(OC(C)C)cc3)=C(c3ccc(F)cc3)C2=O)c1. The second kappa shape index (κ2) is 8.90. The van der Waals surface area contributed by atoms with Gasteiger partial charge in [-0.25, -0.2) is 9.29 Å². The highest BCUT2D eigenvalue weighted by molar-refractivity contribution is 6.46. The van der Waals surface area contributed by atoms with Crippen molar-refractivity contribution in [2.75, 3.05) is 10.2 Å². The number of aryl methyl sites for hydroxylation is 2. The number of anilines is 2. The Bertz CT molecular complexity index is 1250. The number of nitrogens with zero attached hydrogens (tertiary/aromatic N) is 1. The molecule has 0 unspecified atom stereocenters. The van der Waals surface area contributed by atoms with Crippen LogP contribution in [-0.4, -0.2) is 17.9 Å². The smallest absolute Gasteiger partial charge is 0.282 e. The highest BCUT2D eigenvalue weighted by Crippen LogP contribution is 2.35. The van der Waals surface area contributed by atoms with E-state index in [0.717, 1.165) is 11.1 Å². The van der Waals surface area contributed by atoms with Crippen molar-refractivity contribution >= 4 is 28.8 Å². The van der Waals surface area contributed by atoms with Crippen molar-refractivity contribution in [2.24, 2.45) is 0 Å². The summed E-state index contributed by atoms with van der Waals surface area (Å²) in [6, 6.07) is 18.3. The van der Waals surface area contributed by atoms with E-state index in [4.69, 9.17) is 4.74 Å². The molecule has 0 spiro atoms. The molecule has 0 bridgehead atoms. The summed E-state index contributed by atoms with van der Waals surface area (Å²) in [5.41, 5.74) is 3.70. The van der Waals surface area contributed by atoms with E-state index in [-0.39, 0.29) is 17.4 Å². The molecule has 4 rings (SSSR count). The van der Waals surface area contributed by atoms with Crippen LogP contribution in [0.15, 0.2) is 72.4 Å². The number of nitrogens with one attached hydrogen (secondary N) is 1. The molecule has 2 amide bonds. The summed E-state index contributed by atoms with van der Waals surface area (Å²) in [6.45, 7) is 7.64. The van der Waals surface area contributed by atoms with Crippen LogP contribution in [-0.2, 0) is 9.59 Å². The molecule has 3 aromatic carbocycles. The fourth-order valence-corrected chi connectivity index (χ4v) is 3.74. The van der Waals surface area contributed by atoms with Crippen molar-refractivity contribution < 1.29 is 18.7 Å². The quantitative estimate of drug-likeness (QED) is 0.501. The molecule has 1 N–H and O–H groups in total. The molecule has 1 heterocycles. The van der Waals surface area contributed by atoms with Crippen molar-refractivity contribution in [3.63, 3.8) is 0 Å². The molecule has 0 saturated heterocycles. The third-order valence-corrected chi connectivity index (χ3v) is 5.32. The van der Waals surface area contributed by atoms with E-state index < -0.39 is 17.6 Å². The van der Waals surface area contributed by atoms with Crippen LogP contribution >= 0.6 is 0 Å². The van der Waals surface area contributed by atoms with Gasteiger partial charge in [-0.3, -0.25) is 9.59 Å². The summed E-state index contributed by atoms with van der Waals surface area (Å²) in [7, 11) is 0. The van der Waals surface area contributed by atoms with Crippen LogP contribution in [0.4, 0.5) is 15.8 Å². The molecule has 1 aliphatic heterocycles. The number of halogens is 1. The Morgan fingerprint density at radius 2 is 1.55 bits per heavy atom. The molecule has 0 fully saturated rings. The minimum Gasteiger partial charge on any atom is -0.491 e. The van der Waals surface area contributed by atoms with Crippen LogP contribution in [0.2, 0.25) is 0 Å². The first-order valence-electron chi connectivity index (χ1n) is 10.7. The minimum absolute atomic E-state index is 0.0387. The van der Waals surface area contributed by atoms with Crippen LogP contribution in [0, 0.1) is 19.7 Å². The number of benzene rings is 3. The zero-order valence-corrected chi connectivity index (χ0v) is 19.0. The molecule has 168 valence electrons. The predicted molar refractivity (Wildman–Crippen MR) is 128 cm³/mol. The van der Waals surface area contributed by atoms with Gasteiger partial charge in [0.2, 0.25) is 0 Å². The number of carbonyl (C=O) groups excluding carboxylic acids is 2. The Labute approximate surface area is 192 Å². The summed E-state index contributed by atoms with van der Waals surface area (Å²) in [5.74, 6) is -0.634. The van der Waals surface area contributed by atoms with E-state index in [0.29, 0.717) is 22.7 Å². The Hall–Kier alpha value is -3.93. The first-order valence-corrected chi connectivity index (χ1v) is 10.7. The van der Waals surface area contributed by atoms with Gasteiger partial charge in [-0.2, -0.15) is 0 Å². The number of hydrogen-bond donors (Lipinski definition) is 1. The second-order valence-electron chi connectivity index (χ2n) is 8.31. The molecule has 3 aromatic rings. The first kappa shape index (κ1) is 22.3. The summed E-state index contributed by atoms with van der Waals surface area (Å²) >= 11 is 0. The molecule has 0 aliphatic carbocycles. The maximum Gasteiger partial charge on any atom is 0.282 e. The molecule has 0 radical (unpaired) electrons. The fraction of sp³-hybridized carbons (Fsp3) is 0.185. The molecule has 1 aliphatic rings. The Morgan fingerprint density at radius 1 is 0.879 bits per heavy atom. The van der Waals surface area contributed by atoms with Gasteiger partial charge in [0.1, 0.15) is 17.3 Å². The number of rotatable bonds is 6. The highest BCUT2D eigenvalue weighted by atomic mass is 19.1. The summed E-state index contributed by atoms with van der Waals surface area (Å²) in [6.07, 6.45) is 0.0387. The van der Waals surface area contributed by atoms with Gasteiger partial charge in [-0.15, -0.1) is 0 Å². The minimum atomic E-state index is -0.462. The summed E-state index contributed by atoms with van der Waals surface area (Å²) in [4.78, 5) is 28.2. The Balaban J connectivity index is 1.77. The second-order valence-corrected chi connectivity index (χ2v) is 8.31. The molecule has 33 heavy (non-hydrogen) atoms. The van der Waals surface area contributed by atoms with E-state index in [1.165, 1.54) is 29.2 Å². The van der Waals surface area contributed by atoms with E-state index in [2.05, 4.69) is 5.32 Å².